The minimum absolute atomic E-state index is 0.0329. The fraction of sp³-hybridized carbons (Fsp3) is 0.500. The van der Waals surface area contributed by atoms with Crippen LogP contribution in [0.3, 0.4) is 0 Å². The van der Waals surface area contributed by atoms with Crippen molar-refractivity contribution in [3.8, 4) is 11.5 Å². The number of benzene rings is 1. The molecule has 0 bridgehead atoms. The SMILES string of the molecule is C[C@]12CCC3=C(CCc4cc(O)c(O)cc43)[C@@H]1CCC2=O. The first-order valence-electron chi connectivity index (χ1n) is 7.81. The number of ketones is 1. The Morgan fingerprint density at radius 2 is 1.86 bits per heavy atom. The predicted octanol–water partition coefficient (Wildman–Crippen LogP) is 3.58. The molecule has 0 aromatic heterocycles. The number of aromatic hydroxyl groups is 2. The van der Waals surface area contributed by atoms with Gasteiger partial charge in [0.05, 0.1) is 0 Å². The molecule has 1 saturated carbocycles. The largest absolute Gasteiger partial charge is 0.504 e. The van der Waals surface area contributed by atoms with Crippen molar-refractivity contribution in [2.45, 2.75) is 45.4 Å². The Bertz CT molecular complexity index is 686. The third kappa shape index (κ3) is 1.63. The number of hydrogen-bond donors (Lipinski definition) is 2. The molecule has 0 aliphatic heterocycles. The molecule has 3 nitrogen and oxygen atoms in total. The number of carbonyl (C=O) groups excluding carboxylic acids is 1. The number of Topliss-reactive ketones (excluding diaryl/α,β-unsaturated/α-hetero) is 1. The zero-order valence-corrected chi connectivity index (χ0v) is 12.3. The Balaban J connectivity index is 1.86. The molecule has 3 aliphatic carbocycles. The zero-order chi connectivity index (χ0) is 14.8. The van der Waals surface area contributed by atoms with E-state index >= 15 is 0 Å². The molecule has 1 aromatic carbocycles. The van der Waals surface area contributed by atoms with Gasteiger partial charge in [-0.05, 0) is 66.9 Å². The van der Waals surface area contributed by atoms with Gasteiger partial charge in [-0.25, -0.2) is 0 Å². The Morgan fingerprint density at radius 1 is 1.10 bits per heavy atom. The van der Waals surface area contributed by atoms with Crippen LogP contribution >= 0.6 is 0 Å². The molecule has 21 heavy (non-hydrogen) atoms. The van der Waals surface area contributed by atoms with Crippen molar-refractivity contribution in [3.05, 3.63) is 28.8 Å². The fourth-order valence-corrected chi connectivity index (χ4v) is 4.71. The molecule has 1 fully saturated rings. The predicted molar refractivity (Wildman–Crippen MR) is 80.1 cm³/mol. The van der Waals surface area contributed by atoms with Gasteiger partial charge in [0.25, 0.3) is 0 Å². The molecule has 0 unspecified atom stereocenters. The van der Waals surface area contributed by atoms with Gasteiger partial charge in [-0.2, -0.15) is 0 Å². The summed E-state index contributed by atoms with van der Waals surface area (Å²) in [6.07, 6.45) is 5.39. The quantitative estimate of drug-likeness (QED) is 0.716. The molecule has 0 heterocycles. The van der Waals surface area contributed by atoms with E-state index in [4.69, 9.17) is 0 Å². The summed E-state index contributed by atoms with van der Waals surface area (Å²) in [5.41, 5.74) is 4.82. The van der Waals surface area contributed by atoms with Gasteiger partial charge in [0, 0.05) is 11.8 Å². The van der Waals surface area contributed by atoms with E-state index in [1.165, 1.54) is 11.1 Å². The van der Waals surface area contributed by atoms with Gasteiger partial charge in [-0.3, -0.25) is 4.79 Å². The number of rotatable bonds is 0. The van der Waals surface area contributed by atoms with Crippen molar-refractivity contribution in [2.75, 3.05) is 0 Å². The monoisotopic (exact) mass is 284 g/mol. The molecule has 1 aromatic rings. The van der Waals surface area contributed by atoms with Crippen LogP contribution in [0.15, 0.2) is 17.7 Å². The van der Waals surface area contributed by atoms with Gasteiger partial charge < -0.3 is 10.2 Å². The highest BCUT2D eigenvalue weighted by molar-refractivity contribution is 5.90. The smallest absolute Gasteiger partial charge is 0.158 e. The maximum Gasteiger partial charge on any atom is 0.158 e. The minimum Gasteiger partial charge on any atom is -0.504 e. The lowest BCUT2D eigenvalue weighted by Gasteiger charge is -2.40. The Hall–Kier alpha value is -1.77. The summed E-state index contributed by atoms with van der Waals surface area (Å²) < 4.78 is 0. The van der Waals surface area contributed by atoms with Crippen LogP contribution in [0.2, 0.25) is 0 Å². The van der Waals surface area contributed by atoms with E-state index in [1.54, 1.807) is 12.1 Å². The van der Waals surface area contributed by atoms with E-state index in [-0.39, 0.29) is 16.9 Å². The zero-order valence-electron chi connectivity index (χ0n) is 12.3. The van der Waals surface area contributed by atoms with Crippen LogP contribution in [-0.2, 0) is 11.2 Å². The van der Waals surface area contributed by atoms with Crippen LogP contribution in [0.5, 0.6) is 11.5 Å². The van der Waals surface area contributed by atoms with Crippen molar-refractivity contribution in [1.29, 1.82) is 0 Å². The van der Waals surface area contributed by atoms with Gasteiger partial charge >= 0.3 is 0 Å². The summed E-state index contributed by atoms with van der Waals surface area (Å²) >= 11 is 0. The highest BCUT2D eigenvalue weighted by atomic mass is 16.3. The number of aryl methyl sites for hydroxylation is 1. The topological polar surface area (TPSA) is 57.5 Å². The summed E-state index contributed by atoms with van der Waals surface area (Å²) in [5, 5.41) is 19.5. The number of fused-ring (bicyclic) bond motifs is 4. The van der Waals surface area contributed by atoms with E-state index in [9.17, 15) is 15.0 Å². The first kappa shape index (κ1) is 12.9. The van der Waals surface area contributed by atoms with Crippen molar-refractivity contribution in [2.24, 2.45) is 11.3 Å². The molecule has 3 heteroatoms. The molecule has 0 radical (unpaired) electrons. The van der Waals surface area contributed by atoms with Crippen LogP contribution in [0, 0.1) is 11.3 Å². The second-order valence-electron chi connectivity index (χ2n) is 6.93. The lowest BCUT2D eigenvalue weighted by atomic mass is 9.63. The third-order valence-electron chi connectivity index (χ3n) is 5.96. The van der Waals surface area contributed by atoms with E-state index in [0.29, 0.717) is 18.1 Å². The normalized spacial score (nSPS) is 30.9. The highest BCUT2D eigenvalue weighted by Gasteiger charge is 2.50. The van der Waals surface area contributed by atoms with Crippen LogP contribution in [0.4, 0.5) is 0 Å². The van der Waals surface area contributed by atoms with Crippen molar-refractivity contribution in [3.63, 3.8) is 0 Å². The average Bonchev–Trinajstić information content (AvgIpc) is 2.76. The molecule has 0 saturated heterocycles. The Morgan fingerprint density at radius 3 is 2.67 bits per heavy atom. The Labute approximate surface area is 124 Å². The summed E-state index contributed by atoms with van der Waals surface area (Å²) in [6.45, 7) is 2.14. The fourth-order valence-electron chi connectivity index (χ4n) is 4.71. The highest BCUT2D eigenvalue weighted by Crippen LogP contribution is 2.56. The third-order valence-corrected chi connectivity index (χ3v) is 5.96. The van der Waals surface area contributed by atoms with Gasteiger partial charge in [-0.15, -0.1) is 0 Å². The molecule has 3 aliphatic rings. The second-order valence-corrected chi connectivity index (χ2v) is 6.93. The number of phenolic OH excluding ortho intramolecular Hbond substituents is 2. The van der Waals surface area contributed by atoms with Crippen molar-refractivity contribution >= 4 is 11.4 Å². The van der Waals surface area contributed by atoms with Crippen LogP contribution in [0.25, 0.3) is 5.57 Å². The molecule has 2 N–H and O–H groups in total. The summed E-state index contributed by atoms with van der Waals surface area (Å²) in [6, 6.07) is 3.40. The first-order chi connectivity index (χ1) is 10.0. The van der Waals surface area contributed by atoms with E-state index < -0.39 is 0 Å². The second kappa shape index (κ2) is 4.12. The molecule has 0 amide bonds. The van der Waals surface area contributed by atoms with E-state index in [0.717, 1.165) is 43.2 Å². The van der Waals surface area contributed by atoms with Crippen molar-refractivity contribution < 1.29 is 15.0 Å². The van der Waals surface area contributed by atoms with Gasteiger partial charge in [0.15, 0.2) is 11.5 Å². The van der Waals surface area contributed by atoms with E-state index in [2.05, 4.69) is 6.92 Å². The van der Waals surface area contributed by atoms with Gasteiger partial charge in [-0.1, -0.05) is 12.5 Å². The first-order valence-corrected chi connectivity index (χ1v) is 7.81. The van der Waals surface area contributed by atoms with Crippen LogP contribution < -0.4 is 0 Å². The van der Waals surface area contributed by atoms with Gasteiger partial charge in [0.1, 0.15) is 5.78 Å². The summed E-state index contributed by atoms with van der Waals surface area (Å²) in [5.74, 6) is 0.740. The molecule has 0 spiro atoms. The van der Waals surface area contributed by atoms with Gasteiger partial charge in [0.2, 0.25) is 0 Å². The lowest BCUT2D eigenvalue weighted by Crippen LogP contribution is -2.34. The molecule has 4 rings (SSSR count). The number of allylic oxidation sites excluding steroid dienone is 2. The van der Waals surface area contributed by atoms with Crippen molar-refractivity contribution in [1.82, 2.24) is 0 Å². The Kier molecular flexibility index (Phi) is 2.54. The standard InChI is InChI=1S/C18H20O3/c1-18-7-6-11-12(14(18)4-5-17(18)21)3-2-10-8-15(19)16(20)9-13(10)11/h8-9,14,19-20H,2-7H2,1H3/t14-,18-/m0/s1. The molecular formula is C18H20O3. The van der Waals surface area contributed by atoms with Crippen LogP contribution in [0.1, 0.15) is 50.2 Å². The van der Waals surface area contributed by atoms with Crippen LogP contribution in [-0.4, -0.2) is 16.0 Å². The maximum absolute atomic E-state index is 12.3. The number of phenols is 2. The van der Waals surface area contributed by atoms with E-state index in [1.807, 2.05) is 0 Å². The molecule has 2 atom stereocenters. The lowest BCUT2D eigenvalue weighted by molar-refractivity contribution is -0.126. The maximum atomic E-state index is 12.3. The molecular weight excluding hydrogens is 264 g/mol. The summed E-state index contributed by atoms with van der Waals surface area (Å²) in [4.78, 5) is 12.3. The number of hydrogen-bond acceptors (Lipinski definition) is 3. The minimum atomic E-state index is -0.157. The molecule has 110 valence electrons. The summed E-state index contributed by atoms with van der Waals surface area (Å²) in [7, 11) is 0. The number of carbonyl (C=O) groups is 1. The average molecular weight is 284 g/mol.